The van der Waals surface area contributed by atoms with Gasteiger partial charge in [0.15, 0.2) is 0 Å². The van der Waals surface area contributed by atoms with Crippen LogP contribution in [0.25, 0.3) is 22.4 Å². The lowest BCUT2D eigenvalue weighted by Gasteiger charge is -2.34. The topological polar surface area (TPSA) is 95.8 Å². The molecule has 0 spiro atoms. The van der Waals surface area contributed by atoms with E-state index in [0.717, 1.165) is 36.7 Å². The summed E-state index contributed by atoms with van der Waals surface area (Å²) in [4.78, 5) is 18.5. The zero-order valence-electron chi connectivity index (χ0n) is 17.1. The lowest BCUT2D eigenvalue weighted by atomic mass is 10.0. The minimum absolute atomic E-state index is 0.0426. The van der Waals surface area contributed by atoms with Gasteiger partial charge in [0.05, 0.1) is 16.8 Å². The lowest BCUT2D eigenvalue weighted by Crippen LogP contribution is -2.46. The second-order valence-corrected chi connectivity index (χ2v) is 7.98. The van der Waals surface area contributed by atoms with Gasteiger partial charge in [0.2, 0.25) is 5.95 Å². The van der Waals surface area contributed by atoms with Crippen molar-refractivity contribution in [1.82, 2.24) is 25.3 Å². The summed E-state index contributed by atoms with van der Waals surface area (Å²) >= 11 is 6.00. The van der Waals surface area contributed by atoms with Crippen molar-refractivity contribution in [3.8, 4) is 22.4 Å². The molecule has 9 heteroatoms. The molecule has 1 aromatic carbocycles. The molecule has 3 aromatic heterocycles. The predicted molar refractivity (Wildman–Crippen MR) is 124 cm³/mol. The van der Waals surface area contributed by atoms with Gasteiger partial charge in [-0.1, -0.05) is 29.8 Å². The van der Waals surface area contributed by atoms with E-state index >= 15 is 0 Å². The fourth-order valence-corrected chi connectivity index (χ4v) is 4.16. The number of pyridine rings is 1. The van der Waals surface area contributed by atoms with Crippen LogP contribution in [-0.4, -0.2) is 39.6 Å². The van der Waals surface area contributed by atoms with Crippen LogP contribution in [0.4, 0.5) is 16.2 Å². The molecule has 5 rings (SSSR count). The number of hydrogen-bond acceptors (Lipinski definition) is 6. The van der Waals surface area contributed by atoms with Crippen LogP contribution in [0.2, 0.25) is 5.02 Å². The summed E-state index contributed by atoms with van der Waals surface area (Å²) < 4.78 is 14.7. The number of nitrogens with two attached hydrogens (primary N) is 1. The quantitative estimate of drug-likeness (QED) is 0.435. The molecule has 4 N–H and O–H groups in total. The van der Waals surface area contributed by atoms with Gasteiger partial charge in [-0.2, -0.15) is 0 Å². The highest BCUT2D eigenvalue weighted by atomic mass is 35.5. The van der Waals surface area contributed by atoms with Gasteiger partial charge < -0.3 is 20.9 Å². The first-order chi connectivity index (χ1) is 15.6. The molecule has 162 valence electrons. The third-order valence-corrected chi connectivity index (χ3v) is 5.84. The maximum absolute atomic E-state index is 14.7. The number of aromatic amines is 1. The third-order valence-electron chi connectivity index (χ3n) is 5.55. The van der Waals surface area contributed by atoms with E-state index in [9.17, 15) is 4.39 Å². The zero-order valence-corrected chi connectivity index (χ0v) is 17.9. The fraction of sp³-hybridized carbons (Fsp3) is 0.174. The summed E-state index contributed by atoms with van der Waals surface area (Å²) in [5.74, 6) is 0.554. The molecule has 0 radical (unpaired) electrons. The summed E-state index contributed by atoms with van der Waals surface area (Å²) in [5.41, 5.74) is 9.04. The van der Waals surface area contributed by atoms with E-state index in [1.807, 2.05) is 30.5 Å². The number of nitrogen functional groups attached to an aromatic ring is 1. The van der Waals surface area contributed by atoms with Gasteiger partial charge in [-0.15, -0.1) is 0 Å². The molecule has 1 fully saturated rings. The fourth-order valence-electron chi connectivity index (χ4n) is 3.98. The van der Waals surface area contributed by atoms with E-state index in [-0.39, 0.29) is 17.0 Å². The van der Waals surface area contributed by atoms with Gasteiger partial charge in [0.25, 0.3) is 0 Å². The van der Waals surface area contributed by atoms with Gasteiger partial charge in [-0.25, -0.2) is 19.3 Å². The smallest absolute Gasteiger partial charge is 0.220 e. The lowest BCUT2D eigenvalue weighted by molar-refractivity contribution is 0.463. The molecular weight excluding hydrogens is 429 g/mol. The first-order valence-electron chi connectivity index (χ1n) is 10.2. The Balaban J connectivity index is 1.47. The Morgan fingerprint density at radius 1 is 1.12 bits per heavy atom. The molecule has 4 heterocycles. The van der Waals surface area contributed by atoms with Gasteiger partial charge in [0, 0.05) is 60.6 Å². The predicted octanol–water partition coefficient (Wildman–Crippen LogP) is 4.06. The Kier molecular flexibility index (Phi) is 5.46. The van der Waals surface area contributed by atoms with Gasteiger partial charge in [-0.05, 0) is 24.3 Å². The Morgan fingerprint density at radius 2 is 2.03 bits per heavy atom. The zero-order chi connectivity index (χ0) is 22.1. The van der Waals surface area contributed by atoms with Crippen molar-refractivity contribution in [2.75, 3.05) is 30.3 Å². The molecule has 1 saturated heterocycles. The number of nitrogens with one attached hydrogen (secondary N) is 2. The number of nitrogens with zero attached hydrogens (tertiary/aromatic N) is 4. The van der Waals surface area contributed by atoms with Crippen LogP contribution in [-0.2, 0) is 0 Å². The van der Waals surface area contributed by atoms with Crippen LogP contribution in [0.3, 0.4) is 0 Å². The van der Waals surface area contributed by atoms with Crippen molar-refractivity contribution in [2.45, 2.75) is 6.04 Å². The number of benzene rings is 1. The summed E-state index contributed by atoms with van der Waals surface area (Å²) in [6.07, 6.45) is 5.18. The van der Waals surface area contributed by atoms with Gasteiger partial charge in [0.1, 0.15) is 11.6 Å². The van der Waals surface area contributed by atoms with E-state index in [2.05, 4.69) is 30.2 Å². The third kappa shape index (κ3) is 3.90. The number of rotatable bonds is 4. The van der Waals surface area contributed by atoms with Gasteiger partial charge >= 0.3 is 0 Å². The number of piperazine rings is 1. The minimum Gasteiger partial charge on any atom is -0.368 e. The second kappa shape index (κ2) is 8.57. The molecule has 4 aromatic rings. The van der Waals surface area contributed by atoms with Crippen molar-refractivity contribution in [1.29, 1.82) is 0 Å². The number of aromatic nitrogens is 4. The normalized spacial score (nSPS) is 16.3. The van der Waals surface area contributed by atoms with Crippen molar-refractivity contribution >= 4 is 23.4 Å². The van der Waals surface area contributed by atoms with Crippen LogP contribution in [0, 0.1) is 5.82 Å². The van der Waals surface area contributed by atoms with E-state index in [0.29, 0.717) is 16.8 Å². The summed E-state index contributed by atoms with van der Waals surface area (Å²) in [5, 5.41) is 3.58. The average molecular weight is 450 g/mol. The number of anilines is 2. The number of halogens is 2. The highest BCUT2D eigenvalue weighted by Gasteiger charge is 2.24. The van der Waals surface area contributed by atoms with Crippen LogP contribution in [0.5, 0.6) is 0 Å². The molecule has 1 atom stereocenters. The van der Waals surface area contributed by atoms with Crippen molar-refractivity contribution in [3.63, 3.8) is 0 Å². The van der Waals surface area contributed by atoms with Crippen LogP contribution in [0.1, 0.15) is 11.7 Å². The maximum Gasteiger partial charge on any atom is 0.220 e. The molecule has 0 bridgehead atoms. The van der Waals surface area contributed by atoms with Crippen LogP contribution < -0.4 is 16.0 Å². The van der Waals surface area contributed by atoms with Crippen LogP contribution in [0.15, 0.2) is 61.1 Å². The SMILES string of the molecule is Nc1ncc(-c2cccc(Cl)c2F)c(-c2c[nH]c(C3CN(c4ccccn4)CCN3)c2)n1. The first kappa shape index (κ1) is 20.4. The molecule has 1 aliphatic heterocycles. The highest BCUT2D eigenvalue weighted by Crippen LogP contribution is 2.35. The molecule has 0 saturated carbocycles. The van der Waals surface area contributed by atoms with E-state index < -0.39 is 5.82 Å². The summed E-state index contributed by atoms with van der Waals surface area (Å²) in [6, 6.07) is 12.9. The first-order valence-corrected chi connectivity index (χ1v) is 10.6. The Labute approximate surface area is 189 Å². The minimum atomic E-state index is -0.514. The molecular formula is C23H21ClFN7. The average Bonchev–Trinajstić information content (AvgIpc) is 3.32. The Morgan fingerprint density at radius 3 is 2.88 bits per heavy atom. The summed E-state index contributed by atoms with van der Waals surface area (Å²) in [6.45, 7) is 2.47. The summed E-state index contributed by atoms with van der Waals surface area (Å²) in [7, 11) is 0. The highest BCUT2D eigenvalue weighted by molar-refractivity contribution is 6.31. The van der Waals surface area contributed by atoms with Crippen LogP contribution >= 0.6 is 11.6 Å². The Hall–Kier alpha value is -3.49. The molecule has 0 amide bonds. The van der Waals surface area contributed by atoms with E-state index in [4.69, 9.17) is 17.3 Å². The number of H-pyrrole nitrogens is 1. The number of hydrogen-bond donors (Lipinski definition) is 3. The maximum atomic E-state index is 14.7. The van der Waals surface area contributed by atoms with E-state index in [1.165, 1.54) is 12.3 Å². The molecule has 1 aliphatic rings. The molecule has 0 aliphatic carbocycles. The molecule has 32 heavy (non-hydrogen) atoms. The Bertz CT molecular complexity index is 1240. The molecule has 7 nitrogen and oxygen atoms in total. The van der Waals surface area contributed by atoms with Crippen molar-refractivity contribution < 1.29 is 4.39 Å². The standard InChI is InChI=1S/C23H21ClFN7/c24-17-5-3-4-15(21(17)25)16-12-30-23(26)31-22(16)14-10-18(29-11-14)19-13-32(9-8-27-19)20-6-1-2-7-28-20/h1-7,10-12,19,27,29H,8-9,13H2,(H2,26,30,31). The van der Waals surface area contributed by atoms with Crippen molar-refractivity contribution in [3.05, 3.63) is 77.6 Å². The monoisotopic (exact) mass is 449 g/mol. The molecule has 1 unspecified atom stereocenters. The van der Waals surface area contributed by atoms with Gasteiger partial charge in [-0.3, -0.25) is 0 Å². The van der Waals surface area contributed by atoms with Crippen molar-refractivity contribution in [2.24, 2.45) is 0 Å². The van der Waals surface area contributed by atoms with E-state index in [1.54, 1.807) is 18.3 Å². The second-order valence-electron chi connectivity index (χ2n) is 7.58. The largest absolute Gasteiger partial charge is 0.368 e.